The second-order valence-electron chi connectivity index (χ2n) is 6.68. The van der Waals surface area contributed by atoms with Crippen molar-refractivity contribution in [3.05, 3.63) is 76.1 Å². The highest BCUT2D eigenvalue weighted by atomic mass is 32.1. The van der Waals surface area contributed by atoms with Gasteiger partial charge in [-0.05, 0) is 24.6 Å². The maximum atomic E-state index is 14.1. The number of aryl methyl sites for hydroxylation is 1. The summed E-state index contributed by atoms with van der Waals surface area (Å²) in [7, 11) is 3.03. The number of allylic oxidation sites excluding steroid dienone is 4. The lowest BCUT2D eigenvalue weighted by atomic mass is 10.0. The van der Waals surface area contributed by atoms with Gasteiger partial charge in [0.15, 0.2) is 17.9 Å². The number of nitrogens with one attached hydrogen (secondary N) is 1. The van der Waals surface area contributed by atoms with Crippen LogP contribution in [0.2, 0.25) is 0 Å². The third kappa shape index (κ3) is 5.60. The van der Waals surface area contributed by atoms with Gasteiger partial charge in [-0.2, -0.15) is 0 Å². The Labute approximate surface area is 189 Å². The van der Waals surface area contributed by atoms with Gasteiger partial charge in [0.25, 0.3) is 0 Å². The number of aldehydes is 1. The number of carbonyl (C=O) groups excluding carboxylic acids is 1. The second-order valence-corrected chi connectivity index (χ2v) is 7.56. The van der Waals surface area contributed by atoms with Crippen LogP contribution in [0.5, 0.6) is 0 Å². The van der Waals surface area contributed by atoms with Gasteiger partial charge in [0.2, 0.25) is 0 Å². The third-order valence-corrected chi connectivity index (χ3v) is 5.63. The molecular formula is C22H26F2N4O3S. The Morgan fingerprint density at radius 2 is 2.03 bits per heavy atom. The van der Waals surface area contributed by atoms with E-state index in [-0.39, 0.29) is 17.5 Å². The summed E-state index contributed by atoms with van der Waals surface area (Å²) in [5, 5.41) is 16.5. The topological polar surface area (TPSA) is 114 Å². The summed E-state index contributed by atoms with van der Waals surface area (Å²) >= 11 is 1.29. The number of hydrazine groups is 1. The second kappa shape index (κ2) is 11.5. The van der Waals surface area contributed by atoms with E-state index in [0.717, 1.165) is 6.29 Å². The van der Waals surface area contributed by atoms with E-state index >= 15 is 0 Å². The Balaban J connectivity index is 0.000000258. The molecule has 172 valence electrons. The zero-order chi connectivity index (χ0) is 23.8. The monoisotopic (exact) mass is 464 g/mol. The molecule has 2 aromatic rings. The molecule has 3 rings (SSSR count). The molecule has 0 saturated carbocycles. The molecular weight excluding hydrogens is 438 g/mol. The highest BCUT2D eigenvalue weighted by Crippen LogP contribution is 2.41. The standard InChI is InChI=1S/C14H15F2NO2S.C8H11N3O/c1-7-4-5-8(12(16)11(7)15)9-6-20-13(17-2)10(9)14(18)19-3;9-7(4-6-12)8-3-1-2-5-11(8)10/h4-6,14,17-18H,1-3H3;1-3,5-6H,4,9-10H2/b;8-7+. The van der Waals surface area contributed by atoms with Crippen LogP contribution in [-0.4, -0.2) is 30.6 Å². The number of ether oxygens (including phenoxy) is 1. The Hall–Kier alpha value is -3.05. The number of nitrogens with two attached hydrogens (primary N) is 2. The zero-order valence-electron chi connectivity index (χ0n) is 17.9. The van der Waals surface area contributed by atoms with Crippen molar-refractivity contribution in [2.75, 3.05) is 19.5 Å². The van der Waals surface area contributed by atoms with E-state index in [1.807, 2.05) is 6.08 Å². The van der Waals surface area contributed by atoms with E-state index in [9.17, 15) is 18.7 Å². The zero-order valence-corrected chi connectivity index (χ0v) is 18.7. The predicted molar refractivity (Wildman–Crippen MR) is 122 cm³/mol. The number of hydrogen-bond acceptors (Lipinski definition) is 8. The molecule has 2 heterocycles. The number of rotatable bonds is 6. The van der Waals surface area contributed by atoms with E-state index in [1.54, 1.807) is 30.8 Å². The Morgan fingerprint density at radius 3 is 2.62 bits per heavy atom. The molecule has 0 aliphatic carbocycles. The molecule has 0 fully saturated rings. The fourth-order valence-electron chi connectivity index (χ4n) is 2.91. The molecule has 0 amide bonds. The number of halogens is 2. The molecule has 7 nitrogen and oxygen atoms in total. The number of aliphatic hydroxyl groups excluding tert-OH is 1. The maximum absolute atomic E-state index is 14.1. The van der Waals surface area contributed by atoms with Crippen LogP contribution in [0.25, 0.3) is 11.1 Å². The Bertz CT molecular complexity index is 1050. The van der Waals surface area contributed by atoms with Gasteiger partial charge in [0.1, 0.15) is 6.29 Å². The normalized spacial score (nSPS) is 15.2. The van der Waals surface area contributed by atoms with Crippen molar-refractivity contribution >= 4 is 22.6 Å². The average molecular weight is 465 g/mol. The summed E-state index contributed by atoms with van der Waals surface area (Å²) in [6, 6.07) is 3.01. The number of carbonyl (C=O) groups is 1. The molecule has 0 radical (unpaired) electrons. The van der Waals surface area contributed by atoms with E-state index in [0.29, 0.717) is 27.5 Å². The van der Waals surface area contributed by atoms with E-state index in [2.05, 4.69) is 5.32 Å². The molecule has 0 saturated heterocycles. The molecule has 1 aliphatic rings. The minimum Gasteiger partial charge on any atom is -0.400 e. The van der Waals surface area contributed by atoms with Crippen molar-refractivity contribution in [3.63, 3.8) is 0 Å². The first kappa shape index (κ1) is 25.2. The van der Waals surface area contributed by atoms with Crippen molar-refractivity contribution in [2.45, 2.75) is 19.6 Å². The summed E-state index contributed by atoms with van der Waals surface area (Å²) in [5.74, 6) is 3.75. The van der Waals surface area contributed by atoms with Crippen LogP contribution in [0.15, 0.2) is 53.3 Å². The number of aliphatic hydroxyl groups is 1. The molecule has 1 atom stereocenters. The summed E-state index contributed by atoms with van der Waals surface area (Å²) in [6.07, 6.45) is 6.80. The lowest BCUT2D eigenvalue weighted by molar-refractivity contribution is -0.107. The van der Waals surface area contributed by atoms with Gasteiger partial charge in [-0.25, -0.2) is 14.6 Å². The van der Waals surface area contributed by atoms with Crippen LogP contribution < -0.4 is 16.9 Å². The number of thiophene rings is 1. The van der Waals surface area contributed by atoms with Crippen molar-refractivity contribution in [3.8, 4) is 11.1 Å². The lowest BCUT2D eigenvalue weighted by Crippen LogP contribution is -2.27. The smallest absolute Gasteiger partial charge is 0.184 e. The lowest BCUT2D eigenvalue weighted by Gasteiger charge is -2.18. The van der Waals surface area contributed by atoms with E-state index in [4.69, 9.17) is 16.3 Å². The quantitative estimate of drug-likeness (QED) is 0.293. The van der Waals surface area contributed by atoms with Crippen molar-refractivity contribution in [1.29, 1.82) is 0 Å². The van der Waals surface area contributed by atoms with Gasteiger partial charge in [-0.15, -0.1) is 11.3 Å². The fourth-order valence-corrected chi connectivity index (χ4v) is 3.85. The van der Waals surface area contributed by atoms with Gasteiger partial charge in [-0.1, -0.05) is 18.2 Å². The summed E-state index contributed by atoms with van der Waals surface area (Å²) < 4.78 is 32.7. The van der Waals surface area contributed by atoms with Gasteiger partial charge < -0.3 is 25.7 Å². The van der Waals surface area contributed by atoms with Crippen molar-refractivity contribution < 1.29 is 23.4 Å². The van der Waals surface area contributed by atoms with Crippen LogP contribution in [0.4, 0.5) is 13.8 Å². The number of benzene rings is 1. The van der Waals surface area contributed by atoms with Crippen LogP contribution in [-0.2, 0) is 9.53 Å². The Kier molecular flexibility index (Phi) is 9.09. The Morgan fingerprint density at radius 1 is 1.31 bits per heavy atom. The number of anilines is 1. The number of nitrogens with zero attached hydrogens (tertiary/aromatic N) is 1. The first-order valence-electron chi connectivity index (χ1n) is 9.52. The highest BCUT2D eigenvalue weighted by Gasteiger charge is 2.23. The predicted octanol–water partition coefficient (Wildman–Crippen LogP) is 3.69. The van der Waals surface area contributed by atoms with Crippen LogP contribution in [0.3, 0.4) is 0 Å². The van der Waals surface area contributed by atoms with E-state index < -0.39 is 17.9 Å². The first-order chi connectivity index (χ1) is 15.3. The van der Waals surface area contributed by atoms with Gasteiger partial charge in [0.05, 0.1) is 10.7 Å². The summed E-state index contributed by atoms with van der Waals surface area (Å²) in [6.45, 7) is 1.50. The van der Waals surface area contributed by atoms with Crippen LogP contribution in [0.1, 0.15) is 23.8 Å². The molecule has 1 aromatic heterocycles. The molecule has 1 aliphatic heterocycles. The van der Waals surface area contributed by atoms with Crippen LogP contribution in [0, 0.1) is 18.6 Å². The van der Waals surface area contributed by atoms with Gasteiger partial charge in [-0.3, -0.25) is 5.01 Å². The largest absolute Gasteiger partial charge is 0.400 e. The fraction of sp³-hybridized carbons (Fsp3) is 0.227. The minimum atomic E-state index is -1.21. The average Bonchev–Trinajstić information content (AvgIpc) is 3.22. The molecule has 6 N–H and O–H groups in total. The minimum absolute atomic E-state index is 0.108. The first-order valence-corrected chi connectivity index (χ1v) is 10.4. The number of methoxy groups -OCH3 is 1. The van der Waals surface area contributed by atoms with Crippen molar-refractivity contribution in [2.24, 2.45) is 11.6 Å². The highest BCUT2D eigenvalue weighted by molar-refractivity contribution is 7.14. The SMILES string of the molecule is CNc1scc(-c2ccc(C)c(F)c2F)c1C(O)OC.N/C(CC=O)=C1\C=CC=CN1N. The maximum Gasteiger partial charge on any atom is 0.184 e. The molecule has 0 bridgehead atoms. The molecule has 0 spiro atoms. The van der Waals surface area contributed by atoms with Crippen molar-refractivity contribution in [1.82, 2.24) is 5.01 Å². The molecule has 1 unspecified atom stereocenters. The summed E-state index contributed by atoms with van der Waals surface area (Å²) in [5.41, 5.74) is 7.92. The summed E-state index contributed by atoms with van der Waals surface area (Å²) in [4.78, 5) is 10.1. The van der Waals surface area contributed by atoms with Crippen LogP contribution >= 0.6 is 11.3 Å². The molecule has 1 aromatic carbocycles. The van der Waals surface area contributed by atoms with Gasteiger partial charge in [0, 0.05) is 54.5 Å². The number of hydrogen-bond donors (Lipinski definition) is 4. The molecule has 32 heavy (non-hydrogen) atoms. The van der Waals surface area contributed by atoms with E-state index in [1.165, 1.54) is 42.5 Å². The molecule has 10 heteroatoms. The van der Waals surface area contributed by atoms with Gasteiger partial charge >= 0.3 is 0 Å². The third-order valence-electron chi connectivity index (χ3n) is 4.61.